The summed E-state index contributed by atoms with van der Waals surface area (Å²) < 4.78 is 19.6. The number of fused-ring (bicyclic) bond motifs is 1. The zero-order valence-electron chi connectivity index (χ0n) is 10.8. The first-order chi connectivity index (χ1) is 9.69. The fourth-order valence-corrected chi connectivity index (χ4v) is 2.95. The molecule has 3 N–H and O–H groups in total. The van der Waals surface area contributed by atoms with E-state index in [1.807, 2.05) is 24.3 Å². The lowest BCUT2D eigenvalue weighted by Gasteiger charge is -2.24. The molecule has 104 valence electrons. The van der Waals surface area contributed by atoms with E-state index >= 15 is 0 Å². The molecular formula is C13H13FN4OS. The van der Waals surface area contributed by atoms with Crippen molar-refractivity contribution in [1.82, 2.24) is 9.97 Å². The summed E-state index contributed by atoms with van der Waals surface area (Å²) in [6, 6.07) is 7.77. The summed E-state index contributed by atoms with van der Waals surface area (Å²) in [6.45, 7) is 1.57. The van der Waals surface area contributed by atoms with E-state index in [0.29, 0.717) is 11.6 Å². The molecule has 0 bridgehead atoms. The van der Waals surface area contributed by atoms with Crippen LogP contribution in [0.1, 0.15) is 17.6 Å². The standard InChI is InChI=1S/C13H13FN4OS/c1-7-11(14)13(18-15)17-12(16-7)9-6-20-10-5-3-2-4-8(10)19-9/h2-5,9H,6,15H2,1H3,(H,16,17,18). The Morgan fingerprint density at radius 1 is 1.40 bits per heavy atom. The third-order valence-electron chi connectivity index (χ3n) is 2.97. The maximum atomic E-state index is 13.7. The molecule has 20 heavy (non-hydrogen) atoms. The largest absolute Gasteiger partial charge is 0.480 e. The number of hydrogen-bond donors (Lipinski definition) is 2. The van der Waals surface area contributed by atoms with Crippen LogP contribution in [-0.4, -0.2) is 15.7 Å². The highest BCUT2D eigenvalue weighted by Gasteiger charge is 2.25. The number of anilines is 1. The van der Waals surface area contributed by atoms with E-state index in [4.69, 9.17) is 10.6 Å². The van der Waals surface area contributed by atoms with Gasteiger partial charge in [-0.05, 0) is 19.1 Å². The van der Waals surface area contributed by atoms with Crippen LogP contribution >= 0.6 is 11.8 Å². The van der Waals surface area contributed by atoms with Gasteiger partial charge in [0.2, 0.25) is 0 Å². The summed E-state index contributed by atoms with van der Waals surface area (Å²) in [4.78, 5) is 9.33. The van der Waals surface area contributed by atoms with Gasteiger partial charge in [0.1, 0.15) is 5.75 Å². The van der Waals surface area contributed by atoms with Crippen LogP contribution in [0.5, 0.6) is 5.75 Å². The summed E-state index contributed by atoms with van der Waals surface area (Å²) in [5.41, 5.74) is 2.49. The first kappa shape index (κ1) is 13.1. The Labute approximate surface area is 119 Å². The molecule has 0 saturated carbocycles. The number of aryl methyl sites for hydroxylation is 1. The Morgan fingerprint density at radius 3 is 3.00 bits per heavy atom. The van der Waals surface area contributed by atoms with E-state index < -0.39 is 5.82 Å². The summed E-state index contributed by atoms with van der Waals surface area (Å²) >= 11 is 1.66. The molecule has 0 amide bonds. The molecule has 2 heterocycles. The number of halogens is 1. The fourth-order valence-electron chi connectivity index (χ4n) is 1.97. The van der Waals surface area contributed by atoms with Crippen molar-refractivity contribution in [3.05, 3.63) is 41.6 Å². The van der Waals surface area contributed by atoms with Gasteiger partial charge in [0.15, 0.2) is 23.6 Å². The molecular weight excluding hydrogens is 279 g/mol. The highest BCUT2D eigenvalue weighted by molar-refractivity contribution is 7.99. The number of nitrogen functional groups attached to an aromatic ring is 1. The molecule has 1 aliphatic heterocycles. The Kier molecular flexibility index (Phi) is 3.45. The molecule has 7 heteroatoms. The molecule has 0 saturated heterocycles. The van der Waals surface area contributed by atoms with Gasteiger partial charge < -0.3 is 10.2 Å². The number of para-hydroxylation sites is 1. The van der Waals surface area contributed by atoms with Crippen LogP contribution in [0, 0.1) is 12.7 Å². The van der Waals surface area contributed by atoms with Crippen LogP contribution in [0.2, 0.25) is 0 Å². The van der Waals surface area contributed by atoms with E-state index in [0.717, 1.165) is 10.6 Å². The summed E-state index contributed by atoms with van der Waals surface area (Å²) in [6.07, 6.45) is -0.318. The number of thioether (sulfide) groups is 1. The number of nitrogens with one attached hydrogen (secondary N) is 1. The number of nitrogens with two attached hydrogens (primary N) is 1. The van der Waals surface area contributed by atoms with Crippen molar-refractivity contribution in [2.75, 3.05) is 11.2 Å². The second-order valence-corrected chi connectivity index (χ2v) is 5.40. The zero-order chi connectivity index (χ0) is 14.1. The van der Waals surface area contributed by atoms with E-state index in [2.05, 4.69) is 15.4 Å². The van der Waals surface area contributed by atoms with Gasteiger partial charge in [-0.15, -0.1) is 11.8 Å². The van der Waals surface area contributed by atoms with Gasteiger partial charge >= 0.3 is 0 Å². The minimum atomic E-state index is -0.542. The average molecular weight is 292 g/mol. The van der Waals surface area contributed by atoms with E-state index in [-0.39, 0.29) is 17.6 Å². The number of hydrazine groups is 1. The lowest BCUT2D eigenvalue weighted by Crippen LogP contribution is -2.21. The highest BCUT2D eigenvalue weighted by Crippen LogP contribution is 2.39. The lowest BCUT2D eigenvalue weighted by atomic mass is 10.3. The van der Waals surface area contributed by atoms with Crippen molar-refractivity contribution in [3.8, 4) is 5.75 Å². The van der Waals surface area contributed by atoms with Crippen molar-refractivity contribution < 1.29 is 9.13 Å². The van der Waals surface area contributed by atoms with Crippen molar-refractivity contribution in [3.63, 3.8) is 0 Å². The van der Waals surface area contributed by atoms with Crippen LogP contribution in [0.15, 0.2) is 29.2 Å². The van der Waals surface area contributed by atoms with E-state index in [1.165, 1.54) is 0 Å². The van der Waals surface area contributed by atoms with Crippen molar-refractivity contribution in [2.45, 2.75) is 17.9 Å². The number of rotatable bonds is 2. The Morgan fingerprint density at radius 2 is 2.20 bits per heavy atom. The predicted octanol–water partition coefficient (Wildman–Crippen LogP) is 2.44. The average Bonchev–Trinajstić information content (AvgIpc) is 2.49. The summed E-state index contributed by atoms with van der Waals surface area (Å²) in [5.74, 6) is 6.61. The quantitative estimate of drug-likeness (QED) is 0.654. The van der Waals surface area contributed by atoms with Crippen LogP contribution in [0.4, 0.5) is 10.2 Å². The number of nitrogens with zero attached hydrogens (tertiary/aromatic N) is 2. The Hall–Kier alpha value is -1.86. The Balaban J connectivity index is 1.93. The van der Waals surface area contributed by atoms with Gasteiger partial charge in [-0.3, -0.25) is 0 Å². The van der Waals surface area contributed by atoms with Gasteiger partial charge in [0.25, 0.3) is 0 Å². The second-order valence-electron chi connectivity index (χ2n) is 4.34. The molecule has 5 nitrogen and oxygen atoms in total. The molecule has 1 atom stereocenters. The molecule has 1 unspecified atom stereocenters. The van der Waals surface area contributed by atoms with Crippen molar-refractivity contribution in [2.24, 2.45) is 5.84 Å². The number of ether oxygens (including phenoxy) is 1. The predicted molar refractivity (Wildman–Crippen MR) is 75.1 cm³/mol. The fraction of sp³-hybridized carbons (Fsp3) is 0.231. The third-order valence-corrected chi connectivity index (χ3v) is 4.09. The molecule has 0 aliphatic carbocycles. The van der Waals surface area contributed by atoms with E-state index in [1.54, 1.807) is 18.7 Å². The molecule has 0 fully saturated rings. The third kappa shape index (κ3) is 2.30. The summed E-state index contributed by atoms with van der Waals surface area (Å²) in [5, 5.41) is 0. The van der Waals surface area contributed by atoms with Crippen LogP contribution in [-0.2, 0) is 0 Å². The maximum Gasteiger partial charge on any atom is 0.187 e. The molecule has 1 aliphatic rings. The molecule has 1 aromatic carbocycles. The first-order valence-electron chi connectivity index (χ1n) is 6.08. The van der Waals surface area contributed by atoms with Gasteiger partial charge in [0, 0.05) is 10.6 Å². The van der Waals surface area contributed by atoms with Crippen LogP contribution in [0.3, 0.4) is 0 Å². The maximum absolute atomic E-state index is 13.7. The number of benzene rings is 1. The molecule has 0 radical (unpaired) electrons. The minimum absolute atomic E-state index is 0.0139. The zero-order valence-corrected chi connectivity index (χ0v) is 11.6. The van der Waals surface area contributed by atoms with E-state index in [9.17, 15) is 4.39 Å². The van der Waals surface area contributed by atoms with Gasteiger partial charge in [-0.2, -0.15) is 0 Å². The normalized spacial score (nSPS) is 17.2. The van der Waals surface area contributed by atoms with Crippen LogP contribution in [0.25, 0.3) is 0 Å². The highest BCUT2D eigenvalue weighted by atomic mass is 32.2. The lowest BCUT2D eigenvalue weighted by molar-refractivity contribution is 0.210. The molecule has 2 aromatic rings. The number of aromatic nitrogens is 2. The SMILES string of the molecule is Cc1nc(C2CSc3ccccc3O2)nc(NN)c1F. The van der Waals surface area contributed by atoms with Crippen molar-refractivity contribution in [1.29, 1.82) is 0 Å². The topological polar surface area (TPSA) is 73.1 Å². The molecule has 0 spiro atoms. The first-order valence-corrected chi connectivity index (χ1v) is 7.06. The smallest absolute Gasteiger partial charge is 0.187 e. The van der Waals surface area contributed by atoms with Crippen LogP contribution < -0.4 is 16.0 Å². The molecule has 1 aromatic heterocycles. The van der Waals surface area contributed by atoms with Gasteiger partial charge in [-0.25, -0.2) is 20.2 Å². The number of hydrogen-bond acceptors (Lipinski definition) is 6. The van der Waals surface area contributed by atoms with Gasteiger partial charge in [0.05, 0.1) is 5.69 Å². The second kappa shape index (κ2) is 5.26. The summed E-state index contributed by atoms with van der Waals surface area (Å²) in [7, 11) is 0. The molecule has 3 rings (SSSR count). The minimum Gasteiger partial charge on any atom is -0.480 e. The monoisotopic (exact) mass is 292 g/mol. The van der Waals surface area contributed by atoms with Gasteiger partial charge in [-0.1, -0.05) is 12.1 Å². The Bertz CT molecular complexity index is 652. The van der Waals surface area contributed by atoms with Crippen molar-refractivity contribution >= 4 is 17.6 Å².